The average molecular weight is 365 g/mol. The van der Waals surface area contributed by atoms with E-state index in [1.807, 2.05) is 55.5 Å². The number of rotatable bonds is 6. The van der Waals surface area contributed by atoms with Crippen molar-refractivity contribution >= 4 is 16.9 Å². The van der Waals surface area contributed by atoms with Gasteiger partial charge in [0.15, 0.2) is 0 Å². The molecule has 1 saturated heterocycles. The molecule has 140 valence electrons. The topological polar surface area (TPSA) is 60.7 Å². The molecule has 1 amide bonds. The van der Waals surface area contributed by atoms with Crippen molar-refractivity contribution in [1.29, 1.82) is 0 Å². The number of nitrogens with one attached hydrogen (secondary N) is 1. The number of benzene rings is 2. The van der Waals surface area contributed by atoms with Crippen molar-refractivity contribution in [2.24, 2.45) is 0 Å². The first-order valence-electron chi connectivity index (χ1n) is 9.30. The van der Waals surface area contributed by atoms with E-state index in [0.29, 0.717) is 35.8 Å². The van der Waals surface area contributed by atoms with Crippen LogP contribution in [0.3, 0.4) is 0 Å². The number of aryl methyl sites for hydroxylation is 1. The van der Waals surface area contributed by atoms with Gasteiger partial charge in [-0.15, -0.1) is 0 Å². The lowest BCUT2D eigenvalue weighted by atomic mass is 10.1. The lowest BCUT2D eigenvalue weighted by molar-refractivity contribution is 0.0857. The van der Waals surface area contributed by atoms with Crippen molar-refractivity contribution in [3.05, 3.63) is 65.4 Å². The van der Waals surface area contributed by atoms with Crippen molar-refractivity contribution in [3.63, 3.8) is 0 Å². The van der Waals surface area contributed by atoms with Gasteiger partial charge in [0, 0.05) is 18.5 Å². The first-order valence-corrected chi connectivity index (χ1v) is 9.30. The van der Waals surface area contributed by atoms with Crippen molar-refractivity contribution in [2.45, 2.75) is 32.5 Å². The average Bonchev–Trinajstić information content (AvgIpc) is 3.32. The number of furan rings is 1. The second-order valence-electron chi connectivity index (χ2n) is 6.81. The lowest BCUT2D eigenvalue weighted by Crippen LogP contribution is -2.31. The van der Waals surface area contributed by atoms with Gasteiger partial charge in [0.2, 0.25) is 0 Å². The summed E-state index contributed by atoms with van der Waals surface area (Å²) in [6.45, 7) is 3.58. The monoisotopic (exact) mass is 365 g/mol. The zero-order valence-corrected chi connectivity index (χ0v) is 15.4. The maximum absolute atomic E-state index is 12.7. The molecule has 2 aromatic carbocycles. The summed E-state index contributed by atoms with van der Waals surface area (Å²) in [4.78, 5) is 12.7. The number of fused-ring (bicyclic) bond motifs is 1. The predicted octanol–water partition coefficient (Wildman–Crippen LogP) is 4.23. The summed E-state index contributed by atoms with van der Waals surface area (Å²) in [6, 6.07) is 15.6. The van der Waals surface area contributed by atoms with E-state index >= 15 is 0 Å². The van der Waals surface area contributed by atoms with Crippen LogP contribution in [0.25, 0.3) is 11.0 Å². The van der Waals surface area contributed by atoms with Gasteiger partial charge in [-0.05, 0) is 43.5 Å². The van der Waals surface area contributed by atoms with E-state index in [0.717, 1.165) is 30.4 Å². The molecule has 0 bridgehead atoms. The molecule has 0 aliphatic carbocycles. The Morgan fingerprint density at radius 3 is 2.85 bits per heavy atom. The van der Waals surface area contributed by atoms with Crippen LogP contribution in [-0.2, 0) is 11.3 Å². The summed E-state index contributed by atoms with van der Waals surface area (Å²) in [5.41, 5.74) is 2.34. The minimum absolute atomic E-state index is 0.109. The number of hydrogen-bond acceptors (Lipinski definition) is 4. The normalized spacial score (nSPS) is 16.6. The molecule has 27 heavy (non-hydrogen) atoms. The van der Waals surface area contributed by atoms with Crippen LogP contribution in [0.1, 0.15) is 34.5 Å². The number of amides is 1. The fraction of sp³-hybridized carbons (Fsp3) is 0.318. The Hall–Kier alpha value is -2.79. The van der Waals surface area contributed by atoms with Crippen LogP contribution in [0.2, 0.25) is 0 Å². The van der Waals surface area contributed by atoms with Crippen LogP contribution in [0.15, 0.2) is 52.9 Å². The predicted molar refractivity (Wildman–Crippen MR) is 103 cm³/mol. The third-order valence-corrected chi connectivity index (χ3v) is 4.83. The minimum atomic E-state index is -0.137. The third kappa shape index (κ3) is 3.98. The molecule has 1 atom stereocenters. The molecule has 1 aliphatic heterocycles. The fourth-order valence-corrected chi connectivity index (χ4v) is 3.41. The molecule has 0 radical (unpaired) electrons. The Kier molecular flexibility index (Phi) is 5.12. The highest BCUT2D eigenvalue weighted by Crippen LogP contribution is 2.29. The smallest absolute Gasteiger partial charge is 0.255 e. The Labute approximate surface area is 158 Å². The first-order chi connectivity index (χ1) is 13.2. The van der Waals surface area contributed by atoms with Crippen molar-refractivity contribution < 1.29 is 18.7 Å². The molecule has 5 nitrogen and oxygen atoms in total. The highest BCUT2D eigenvalue weighted by Gasteiger charge is 2.21. The summed E-state index contributed by atoms with van der Waals surface area (Å²) >= 11 is 0. The van der Waals surface area contributed by atoms with Crippen LogP contribution in [0.4, 0.5) is 0 Å². The minimum Gasteiger partial charge on any atom is -0.489 e. The van der Waals surface area contributed by atoms with Gasteiger partial charge < -0.3 is 19.2 Å². The van der Waals surface area contributed by atoms with Gasteiger partial charge in [0.1, 0.15) is 23.7 Å². The molecule has 1 fully saturated rings. The largest absolute Gasteiger partial charge is 0.489 e. The SMILES string of the molecule is Cc1oc2ccc(OCc3ccccc3)cc2c1C(=O)NCC1CCCO1. The zero-order chi connectivity index (χ0) is 18.6. The highest BCUT2D eigenvalue weighted by molar-refractivity contribution is 6.07. The zero-order valence-electron chi connectivity index (χ0n) is 15.4. The second-order valence-corrected chi connectivity index (χ2v) is 6.81. The van der Waals surface area contributed by atoms with E-state index in [1.165, 1.54) is 0 Å². The molecule has 3 aromatic rings. The molecule has 1 aliphatic rings. The lowest BCUT2D eigenvalue weighted by Gasteiger charge is -2.11. The van der Waals surface area contributed by atoms with Crippen molar-refractivity contribution in [1.82, 2.24) is 5.32 Å². The van der Waals surface area contributed by atoms with Crippen LogP contribution in [0.5, 0.6) is 5.75 Å². The van der Waals surface area contributed by atoms with E-state index in [1.54, 1.807) is 0 Å². The van der Waals surface area contributed by atoms with Gasteiger partial charge in [0.05, 0.1) is 11.7 Å². The highest BCUT2D eigenvalue weighted by atomic mass is 16.5. The van der Waals surface area contributed by atoms with Crippen molar-refractivity contribution in [3.8, 4) is 5.75 Å². The van der Waals surface area contributed by atoms with Gasteiger partial charge in [-0.25, -0.2) is 0 Å². The summed E-state index contributed by atoms with van der Waals surface area (Å²) in [7, 11) is 0. The van der Waals surface area contributed by atoms with Gasteiger partial charge in [0.25, 0.3) is 5.91 Å². The molecular weight excluding hydrogens is 342 g/mol. The van der Waals surface area contributed by atoms with Crippen LogP contribution >= 0.6 is 0 Å². The number of ether oxygens (including phenoxy) is 2. The first kappa shape index (κ1) is 17.6. The summed E-state index contributed by atoms with van der Waals surface area (Å²) < 4.78 is 17.2. The molecule has 0 saturated carbocycles. The summed E-state index contributed by atoms with van der Waals surface area (Å²) in [5, 5.41) is 3.74. The molecular formula is C22H23NO4. The Bertz CT molecular complexity index is 926. The Morgan fingerprint density at radius 1 is 1.22 bits per heavy atom. The van der Waals surface area contributed by atoms with Gasteiger partial charge in [-0.2, -0.15) is 0 Å². The number of carbonyl (C=O) groups excluding carboxylic acids is 1. The van der Waals surface area contributed by atoms with Gasteiger partial charge in [-0.3, -0.25) is 4.79 Å². The third-order valence-electron chi connectivity index (χ3n) is 4.83. The number of hydrogen-bond donors (Lipinski definition) is 1. The van der Waals surface area contributed by atoms with Gasteiger partial charge >= 0.3 is 0 Å². The quantitative estimate of drug-likeness (QED) is 0.710. The molecule has 2 heterocycles. The van der Waals surface area contributed by atoms with E-state index in [-0.39, 0.29) is 12.0 Å². The number of carbonyl (C=O) groups is 1. The van der Waals surface area contributed by atoms with Crippen LogP contribution in [-0.4, -0.2) is 25.2 Å². The molecule has 4 rings (SSSR count). The van der Waals surface area contributed by atoms with E-state index in [4.69, 9.17) is 13.9 Å². The summed E-state index contributed by atoms with van der Waals surface area (Å²) in [6.07, 6.45) is 2.15. The fourth-order valence-electron chi connectivity index (χ4n) is 3.41. The van der Waals surface area contributed by atoms with Crippen LogP contribution in [0, 0.1) is 6.92 Å². The standard InChI is InChI=1S/C22H23NO4/c1-15-21(22(24)23-13-18-8-5-11-25-18)19-12-17(9-10-20(19)27-15)26-14-16-6-3-2-4-7-16/h2-4,6-7,9-10,12,18H,5,8,11,13-14H2,1H3,(H,23,24). The maximum atomic E-state index is 12.7. The molecule has 1 aromatic heterocycles. The Morgan fingerprint density at radius 2 is 2.07 bits per heavy atom. The van der Waals surface area contributed by atoms with E-state index in [9.17, 15) is 4.79 Å². The molecule has 0 spiro atoms. The molecule has 5 heteroatoms. The molecule has 1 unspecified atom stereocenters. The van der Waals surface area contributed by atoms with Gasteiger partial charge in [-0.1, -0.05) is 30.3 Å². The maximum Gasteiger partial charge on any atom is 0.255 e. The van der Waals surface area contributed by atoms with Crippen molar-refractivity contribution in [2.75, 3.05) is 13.2 Å². The van der Waals surface area contributed by atoms with Crippen LogP contribution < -0.4 is 10.1 Å². The Balaban J connectivity index is 1.51. The molecule has 1 N–H and O–H groups in total. The summed E-state index contributed by atoms with van der Waals surface area (Å²) in [5.74, 6) is 1.18. The van der Waals surface area contributed by atoms with E-state index < -0.39 is 0 Å². The van der Waals surface area contributed by atoms with E-state index in [2.05, 4.69) is 5.32 Å². The second kappa shape index (κ2) is 7.84.